The van der Waals surface area contributed by atoms with Gasteiger partial charge in [0, 0.05) is 18.6 Å². The number of hydrogen-bond acceptors (Lipinski definition) is 4. The summed E-state index contributed by atoms with van der Waals surface area (Å²) in [5.41, 5.74) is 0. The number of hydrogen-bond donors (Lipinski definition) is 1. The first kappa shape index (κ1) is 14.8. The van der Waals surface area contributed by atoms with Crippen LogP contribution in [0.15, 0.2) is 0 Å². The Hall–Kier alpha value is -0.610. The third kappa shape index (κ3) is 4.18. The Morgan fingerprint density at radius 2 is 2.11 bits per heavy atom. The summed E-state index contributed by atoms with van der Waals surface area (Å²) in [5.74, 6) is -0.0345. The highest BCUT2D eigenvalue weighted by molar-refractivity contribution is 5.75. The molecule has 2 unspecified atom stereocenters. The number of rotatable bonds is 7. The largest absolute Gasteiger partial charge is 0.465 e. The zero-order valence-corrected chi connectivity index (χ0v) is 12.4. The third-order valence-corrected chi connectivity index (χ3v) is 4.21. The van der Waals surface area contributed by atoms with Crippen LogP contribution in [0.4, 0.5) is 0 Å². The number of carbonyl (C=O) groups is 1. The van der Waals surface area contributed by atoms with Gasteiger partial charge in [-0.05, 0) is 45.6 Å². The highest BCUT2D eigenvalue weighted by Crippen LogP contribution is 2.30. The molecule has 0 spiro atoms. The van der Waals surface area contributed by atoms with Crippen LogP contribution in [-0.2, 0) is 9.53 Å². The molecule has 0 bridgehead atoms. The van der Waals surface area contributed by atoms with Crippen LogP contribution in [0.3, 0.4) is 0 Å². The molecule has 1 saturated carbocycles. The van der Waals surface area contributed by atoms with Crippen LogP contribution in [0.25, 0.3) is 0 Å². The highest BCUT2D eigenvalue weighted by atomic mass is 16.5. The van der Waals surface area contributed by atoms with Gasteiger partial charge in [-0.1, -0.05) is 13.3 Å². The van der Waals surface area contributed by atoms with Crippen molar-refractivity contribution in [2.24, 2.45) is 0 Å². The van der Waals surface area contributed by atoms with Crippen LogP contribution in [0.1, 0.15) is 52.4 Å². The molecular formula is C15H28N2O2. The third-order valence-electron chi connectivity index (χ3n) is 4.21. The second kappa shape index (κ2) is 7.25. The van der Waals surface area contributed by atoms with Gasteiger partial charge in [0.1, 0.15) is 6.04 Å². The van der Waals surface area contributed by atoms with E-state index in [2.05, 4.69) is 17.1 Å². The van der Waals surface area contributed by atoms with E-state index in [0.29, 0.717) is 18.7 Å². The molecule has 0 aromatic heterocycles. The minimum absolute atomic E-state index is 0.0345. The molecule has 2 atom stereocenters. The normalized spacial score (nSPS) is 25.3. The topological polar surface area (TPSA) is 41.6 Å². The average molecular weight is 268 g/mol. The van der Waals surface area contributed by atoms with E-state index in [1.54, 1.807) is 0 Å². The number of piperidine rings is 1. The number of esters is 1. The van der Waals surface area contributed by atoms with E-state index in [1.807, 2.05) is 6.92 Å². The van der Waals surface area contributed by atoms with Gasteiger partial charge in [0.2, 0.25) is 0 Å². The quantitative estimate of drug-likeness (QED) is 0.716. The number of ether oxygens (including phenoxy) is 1. The summed E-state index contributed by atoms with van der Waals surface area (Å²) in [5, 5.41) is 3.59. The molecule has 2 fully saturated rings. The van der Waals surface area contributed by atoms with Crippen LogP contribution in [0.5, 0.6) is 0 Å². The summed E-state index contributed by atoms with van der Waals surface area (Å²) in [4.78, 5) is 14.5. The van der Waals surface area contributed by atoms with Crippen molar-refractivity contribution >= 4 is 5.97 Å². The molecule has 19 heavy (non-hydrogen) atoms. The maximum Gasteiger partial charge on any atom is 0.323 e. The zero-order chi connectivity index (χ0) is 13.7. The fraction of sp³-hybridized carbons (Fsp3) is 0.933. The Balaban J connectivity index is 1.94. The summed E-state index contributed by atoms with van der Waals surface area (Å²) >= 11 is 0. The van der Waals surface area contributed by atoms with E-state index in [0.717, 1.165) is 19.5 Å². The molecule has 110 valence electrons. The number of nitrogens with one attached hydrogen (secondary N) is 1. The number of nitrogens with zero attached hydrogens (tertiary/aromatic N) is 1. The lowest BCUT2D eigenvalue weighted by molar-refractivity contribution is -0.150. The van der Waals surface area contributed by atoms with E-state index in [-0.39, 0.29) is 12.0 Å². The fourth-order valence-electron chi connectivity index (χ4n) is 3.05. The first-order valence-electron chi connectivity index (χ1n) is 7.92. The monoisotopic (exact) mass is 268 g/mol. The minimum atomic E-state index is -0.0452. The van der Waals surface area contributed by atoms with E-state index in [1.165, 1.54) is 32.1 Å². The van der Waals surface area contributed by atoms with Crippen molar-refractivity contribution in [2.45, 2.75) is 70.5 Å². The molecular weight excluding hydrogens is 240 g/mol. The van der Waals surface area contributed by atoms with E-state index in [4.69, 9.17) is 4.74 Å². The second-order valence-corrected chi connectivity index (χ2v) is 5.75. The van der Waals surface area contributed by atoms with Gasteiger partial charge in [-0.3, -0.25) is 9.69 Å². The smallest absolute Gasteiger partial charge is 0.323 e. The summed E-state index contributed by atoms with van der Waals surface area (Å²) in [6.07, 6.45) is 7.16. The lowest BCUT2D eigenvalue weighted by Crippen LogP contribution is -2.50. The Labute approximate surface area is 116 Å². The van der Waals surface area contributed by atoms with Crippen molar-refractivity contribution in [1.29, 1.82) is 0 Å². The lowest BCUT2D eigenvalue weighted by Gasteiger charge is -2.34. The molecule has 0 radical (unpaired) electrons. The molecule has 1 heterocycles. The van der Waals surface area contributed by atoms with Crippen LogP contribution in [0.2, 0.25) is 0 Å². The van der Waals surface area contributed by atoms with Crippen molar-refractivity contribution < 1.29 is 9.53 Å². The molecule has 1 saturated heterocycles. The fourth-order valence-corrected chi connectivity index (χ4v) is 3.05. The van der Waals surface area contributed by atoms with Crippen LogP contribution >= 0.6 is 0 Å². The van der Waals surface area contributed by atoms with Crippen molar-refractivity contribution in [3.8, 4) is 0 Å². The Morgan fingerprint density at radius 1 is 1.32 bits per heavy atom. The van der Waals surface area contributed by atoms with Gasteiger partial charge < -0.3 is 10.1 Å². The molecule has 0 amide bonds. The number of carbonyl (C=O) groups excluding carboxylic acids is 1. The van der Waals surface area contributed by atoms with Gasteiger partial charge in [-0.2, -0.15) is 0 Å². The molecule has 2 aliphatic rings. The van der Waals surface area contributed by atoms with Crippen LogP contribution in [0, 0.1) is 0 Å². The van der Waals surface area contributed by atoms with Gasteiger partial charge in [0.15, 0.2) is 0 Å². The van der Waals surface area contributed by atoms with Crippen LogP contribution < -0.4 is 5.32 Å². The summed E-state index contributed by atoms with van der Waals surface area (Å²) < 4.78 is 5.24. The average Bonchev–Trinajstić information content (AvgIpc) is 3.24. The predicted molar refractivity (Wildman–Crippen MR) is 76.1 cm³/mol. The van der Waals surface area contributed by atoms with Crippen molar-refractivity contribution in [3.63, 3.8) is 0 Å². The molecule has 4 heteroatoms. The molecule has 0 aromatic carbocycles. The zero-order valence-electron chi connectivity index (χ0n) is 12.4. The molecule has 0 aromatic rings. The lowest BCUT2D eigenvalue weighted by atomic mass is 10.0. The first-order chi connectivity index (χ1) is 9.26. The Bertz CT molecular complexity index is 286. The van der Waals surface area contributed by atoms with Gasteiger partial charge >= 0.3 is 5.97 Å². The van der Waals surface area contributed by atoms with Gasteiger partial charge in [0.25, 0.3) is 0 Å². The van der Waals surface area contributed by atoms with Crippen molar-refractivity contribution in [3.05, 3.63) is 0 Å². The maximum absolute atomic E-state index is 12.1. The SMILES string of the molecule is CCOC(=O)C(CC)N(CC1CCCCN1)C1CC1. The first-order valence-corrected chi connectivity index (χ1v) is 7.92. The summed E-state index contributed by atoms with van der Waals surface area (Å²) in [7, 11) is 0. The Morgan fingerprint density at radius 3 is 2.63 bits per heavy atom. The van der Waals surface area contributed by atoms with Crippen molar-refractivity contribution in [1.82, 2.24) is 10.2 Å². The minimum Gasteiger partial charge on any atom is -0.465 e. The van der Waals surface area contributed by atoms with Gasteiger partial charge in [0.05, 0.1) is 6.61 Å². The van der Waals surface area contributed by atoms with Gasteiger partial charge in [-0.25, -0.2) is 0 Å². The highest BCUT2D eigenvalue weighted by Gasteiger charge is 2.38. The van der Waals surface area contributed by atoms with Crippen LogP contribution in [-0.4, -0.2) is 48.7 Å². The summed E-state index contributed by atoms with van der Waals surface area (Å²) in [6, 6.07) is 1.12. The maximum atomic E-state index is 12.1. The Kier molecular flexibility index (Phi) is 5.64. The van der Waals surface area contributed by atoms with E-state index in [9.17, 15) is 4.79 Å². The molecule has 1 aliphatic carbocycles. The van der Waals surface area contributed by atoms with Gasteiger partial charge in [-0.15, -0.1) is 0 Å². The molecule has 1 N–H and O–H groups in total. The predicted octanol–water partition coefficient (Wildman–Crippen LogP) is 1.93. The molecule has 1 aliphatic heterocycles. The molecule has 2 rings (SSSR count). The second-order valence-electron chi connectivity index (χ2n) is 5.75. The van der Waals surface area contributed by atoms with E-state index < -0.39 is 0 Å². The summed E-state index contributed by atoms with van der Waals surface area (Å²) in [6.45, 7) is 6.58. The van der Waals surface area contributed by atoms with E-state index >= 15 is 0 Å². The molecule has 4 nitrogen and oxygen atoms in total. The van der Waals surface area contributed by atoms with Crippen molar-refractivity contribution in [2.75, 3.05) is 19.7 Å². The standard InChI is InChI=1S/C15H28N2O2/c1-3-14(15(18)19-4-2)17(13-8-9-13)11-12-7-5-6-10-16-12/h12-14,16H,3-11H2,1-2H3.